The fourth-order valence-corrected chi connectivity index (χ4v) is 15.1. The molecular formula is C62H50Si. The lowest BCUT2D eigenvalue weighted by molar-refractivity contribution is 0.788. The number of hydrogen-bond acceptors (Lipinski definition) is 0. The Kier molecular flexibility index (Phi) is 11.1. The van der Waals surface area contributed by atoms with Crippen LogP contribution in [0, 0.1) is 5.92 Å². The maximum atomic E-state index is 2.59. The zero-order chi connectivity index (χ0) is 42.6. The van der Waals surface area contributed by atoms with E-state index in [1.54, 1.807) is 0 Å². The number of rotatable bonds is 11. The van der Waals surface area contributed by atoms with Gasteiger partial charge in [0.1, 0.15) is 0 Å². The van der Waals surface area contributed by atoms with Gasteiger partial charge in [-0.05, 0) is 124 Å². The van der Waals surface area contributed by atoms with Crippen molar-refractivity contribution < 1.29 is 0 Å². The van der Waals surface area contributed by atoms with Gasteiger partial charge in [0.25, 0.3) is 0 Å². The molecule has 0 N–H and O–H groups in total. The number of benzene rings is 9. The summed E-state index contributed by atoms with van der Waals surface area (Å²) in [6, 6.07) is 88.4. The zero-order valence-electron chi connectivity index (χ0n) is 36.0. The molecule has 0 radical (unpaired) electrons. The molecule has 0 amide bonds. The summed E-state index contributed by atoms with van der Waals surface area (Å²) in [4.78, 5) is 0. The predicted octanol–water partition coefficient (Wildman–Crippen LogP) is 14.6. The second kappa shape index (κ2) is 17.6. The van der Waals surface area contributed by atoms with Crippen LogP contribution in [0.15, 0.2) is 260 Å². The van der Waals surface area contributed by atoms with E-state index in [9.17, 15) is 0 Å². The monoisotopic (exact) mass is 822 g/mol. The van der Waals surface area contributed by atoms with E-state index in [4.69, 9.17) is 0 Å². The third-order valence-electron chi connectivity index (χ3n) is 12.7. The highest BCUT2D eigenvalue weighted by Crippen LogP contribution is 2.39. The van der Waals surface area contributed by atoms with E-state index in [2.05, 4.69) is 263 Å². The molecule has 0 saturated carbocycles. The van der Waals surface area contributed by atoms with E-state index in [0.29, 0.717) is 5.92 Å². The Morgan fingerprint density at radius 2 is 0.524 bits per heavy atom. The van der Waals surface area contributed by atoms with Gasteiger partial charge in [0.15, 0.2) is 8.07 Å². The van der Waals surface area contributed by atoms with Crippen molar-refractivity contribution in [1.29, 1.82) is 0 Å². The third-order valence-corrected chi connectivity index (χ3v) is 17.5. The van der Waals surface area contributed by atoms with Gasteiger partial charge in [-0.1, -0.05) is 244 Å². The van der Waals surface area contributed by atoms with Crippen LogP contribution in [0.1, 0.15) is 20.3 Å². The zero-order valence-corrected chi connectivity index (χ0v) is 37.0. The molecule has 1 aliphatic carbocycles. The smallest absolute Gasteiger partial charge is 0.0801 e. The molecule has 63 heavy (non-hydrogen) atoms. The van der Waals surface area contributed by atoms with Gasteiger partial charge in [0.2, 0.25) is 0 Å². The molecule has 0 saturated heterocycles. The average Bonchev–Trinajstić information content (AvgIpc) is 3.87. The highest BCUT2D eigenvalue weighted by molar-refractivity contribution is 7.17. The van der Waals surface area contributed by atoms with E-state index < -0.39 is 8.07 Å². The van der Waals surface area contributed by atoms with E-state index >= 15 is 0 Å². The topological polar surface area (TPSA) is 0 Å². The Balaban J connectivity index is 1.42. The minimum absolute atomic E-state index is 0.327. The van der Waals surface area contributed by atoms with Crippen molar-refractivity contribution in [2.45, 2.75) is 20.3 Å². The average molecular weight is 823 g/mol. The second-order valence-electron chi connectivity index (χ2n) is 17.0. The summed E-state index contributed by atoms with van der Waals surface area (Å²) >= 11 is 0. The molecule has 0 fully saturated rings. The van der Waals surface area contributed by atoms with Gasteiger partial charge in [-0.3, -0.25) is 0 Å². The molecular weight excluding hydrogens is 773 g/mol. The van der Waals surface area contributed by atoms with Gasteiger partial charge in [-0.25, -0.2) is 0 Å². The first-order chi connectivity index (χ1) is 31.0. The molecule has 0 spiro atoms. The van der Waals surface area contributed by atoms with Crippen LogP contribution < -0.4 is 15.6 Å². The summed E-state index contributed by atoms with van der Waals surface area (Å²) < 4.78 is 0. The van der Waals surface area contributed by atoms with Crippen LogP contribution in [0.5, 0.6) is 0 Å². The van der Waals surface area contributed by atoms with Crippen LogP contribution in [0.2, 0.25) is 0 Å². The molecule has 9 aromatic rings. The fourth-order valence-electron chi connectivity index (χ4n) is 9.73. The summed E-state index contributed by atoms with van der Waals surface area (Å²) in [6.07, 6.45) is 6.02. The first-order valence-corrected chi connectivity index (χ1v) is 24.2. The highest BCUT2D eigenvalue weighted by Gasteiger charge is 2.47. The maximum absolute atomic E-state index is 3.31. The number of allylic oxidation sites excluding steroid dienone is 4. The molecule has 10 rings (SSSR count). The normalized spacial score (nSPS) is 12.6. The van der Waals surface area contributed by atoms with Crippen molar-refractivity contribution >= 4 is 23.6 Å². The summed E-state index contributed by atoms with van der Waals surface area (Å²) in [7, 11) is -3.31. The van der Waals surface area contributed by atoms with Gasteiger partial charge in [-0.2, -0.15) is 0 Å². The molecule has 0 atom stereocenters. The molecule has 0 aliphatic heterocycles. The Labute approximate surface area is 374 Å². The van der Waals surface area contributed by atoms with E-state index in [1.807, 2.05) is 0 Å². The SMILES string of the molecule is CC(C)C1=CCC=C1[Si](c1cc(-c2ccccc2)cc(-c2ccccc2)c1)(c1cc(-c2ccccc2)cc(-c2ccccc2)c1)c1cc(-c2ccccc2)cc(-c2ccccc2)c1. The van der Waals surface area contributed by atoms with Crippen molar-refractivity contribution in [3.8, 4) is 66.8 Å². The minimum Gasteiger partial charge on any atom is -0.0801 e. The number of hydrogen-bond donors (Lipinski definition) is 0. The van der Waals surface area contributed by atoms with Gasteiger partial charge < -0.3 is 0 Å². The first kappa shape index (κ1) is 39.8. The Hall–Kier alpha value is -7.32. The van der Waals surface area contributed by atoms with E-state index in [1.165, 1.54) is 93.1 Å². The van der Waals surface area contributed by atoms with Gasteiger partial charge in [0, 0.05) is 0 Å². The molecule has 0 heterocycles. The van der Waals surface area contributed by atoms with Crippen LogP contribution in [-0.4, -0.2) is 8.07 Å². The largest absolute Gasteiger partial charge is 0.179 e. The molecule has 0 nitrogen and oxygen atoms in total. The standard InChI is InChI=1S/C62H50Si/c1-45(2)61-34-21-35-62(61)63(58-39-52(46-22-9-3-10-23-46)36-53(40-58)47-24-11-4-12-25-47,59-41-54(48-26-13-5-14-27-48)37-55(42-59)49-28-15-6-16-29-49)60-43-56(50-30-17-7-18-31-50)38-57(44-60)51-32-19-8-20-33-51/h3-20,22-45H,21H2,1-2H3. The molecule has 1 heteroatoms. The lowest BCUT2D eigenvalue weighted by Crippen LogP contribution is -2.69. The lowest BCUT2D eigenvalue weighted by atomic mass is 9.98. The Bertz CT molecular complexity index is 2580. The summed E-state index contributed by atoms with van der Waals surface area (Å²) in [5, 5.41) is 5.60. The summed E-state index contributed by atoms with van der Waals surface area (Å²) in [5.41, 5.74) is 16.1. The second-order valence-corrected chi connectivity index (χ2v) is 20.8. The Morgan fingerprint density at radius 1 is 0.286 bits per heavy atom. The van der Waals surface area contributed by atoms with E-state index in [0.717, 1.165) is 6.42 Å². The van der Waals surface area contributed by atoms with Gasteiger partial charge in [-0.15, -0.1) is 0 Å². The third kappa shape index (κ3) is 7.89. The van der Waals surface area contributed by atoms with E-state index in [-0.39, 0.29) is 0 Å². The fraction of sp³-hybridized carbons (Fsp3) is 0.0645. The van der Waals surface area contributed by atoms with Crippen molar-refractivity contribution in [2.75, 3.05) is 0 Å². The maximum Gasteiger partial charge on any atom is 0.179 e. The lowest BCUT2D eigenvalue weighted by Gasteiger charge is -2.39. The van der Waals surface area contributed by atoms with Crippen LogP contribution in [0.3, 0.4) is 0 Å². The molecule has 1 aliphatic rings. The quantitative estimate of drug-likeness (QED) is 0.0900. The van der Waals surface area contributed by atoms with Crippen LogP contribution >= 0.6 is 0 Å². The molecule has 9 aromatic carbocycles. The molecule has 0 aromatic heterocycles. The summed E-state index contributed by atoms with van der Waals surface area (Å²) in [5.74, 6) is 0.327. The van der Waals surface area contributed by atoms with Crippen molar-refractivity contribution in [3.63, 3.8) is 0 Å². The Morgan fingerprint density at radius 3 is 0.746 bits per heavy atom. The van der Waals surface area contributed by atoms with Crippen molar-refractivity contribution in [2.24, 2.45) is 5.92 Å². The predicted molar refractivity (Wildman–Crippen MR) is 272 cm³/mol. The summed E-state index contributed by atoms with van der Waals surface area (Å²) in [6.45, 7) is 4.76. The van der Waals surface area contributed by atoms with Crippen LogP contribution in [0.25, 0.3) is 66.8 Å². The van der Waals surface area contributed by atoms with Gasteiger partial charge >= 0.3 is 0 Å². The minimum atomic E-state index is -3.31. The van der Waals surface area contributed by atoms with Crippen LogP contribution in [0.4, 0.5) is 0 Å². The highest BCUT2D eigenvalue weighted by atomic mass is 28.3. The molecule has 302 valence electrons. The van der Waals surface area contributed by atoms with Crippen LogP contribution in [-0.2, 0) is 0 Å². The molecule has 0 unspecified atom stereocenters. The van der Waals surface area contributed by atoms with Gasteiger partial charge in [0.05, 0.1) is 0 Å². The first-order valence-electron chi connectivity index (χ1n) is 22.2. The van der Waals surface area contributed by atoms with Crippen molar-refractivity contribution in [1.82, 2.24) is 0 Å². The van der Waals surface area contributed by atoms with Crippen molar-refractivity contribution in [3.05, 3.63) is 260 Å². The molecule has 0 bridgehead atoms.